The molecule has 0 radical (unpaired) electrons. The molecule has 0 amide bonds. The first kappa shape index (κ1) is 19.4. The molecule has 27 heavy (non-hydrogen) atoms. The smallest absolute Gasteiger partial charge is 0.336 e. The molecule has 6 heteroatoms. The number of cyclic esters (lactones) is 1. The van der Waals surface area contributed by atoms with Crippen LogP contribution < -0.4 is 0 Å². The Morgan fingerprint density at radius 1 is 1.33 bits per heavy atom. The zero-order chi connectivity index (χ0) is 19.6. The molecule has 4 rings (SSSR count). The average Bonchev–Trinajstić information content (AvgIpc) is 3.37. The fraction of sp³-hybridized carbons (Fsp3) is 0.857. The number of hydrogen-bond acceptors (Lipinski definition) is 6. The van der Waals surface area contributed by atoms with E-state index in [0.29, 0.717) is 30.9 Å². The summed E-state index contributed by atoms with van der Waals surface area (Å²) in [5.41, 5.74) is -0.147. The molecule has 0 aromatic heterocycles. The number of methoxy groups -OCH3 is 1. The van der Waals surface area contributed by atoms with Crippen LogP contribution in [0.5, 0.6) is 0 Å². The summed E-state index contributed by atoms with van der Waals surface area (Å²) in [6.45, 7) is 7.31. The third-order valence-corrected chi connectivity index (χ3v) is 8.52. The zero-order valence-corrected chi connectivity index (χ0v) is 16.7. The second-order valence-electron chi connectivity index (χ2n) is 9.54. The Balaban J connectivity index is 1.60. The van der Waals surface area contributed by atoms with E-state index < -0.39 is 24.1 Å². The number of aliphatic hydroxyl groups excluding tert-OH is 2. The predicted octanol–water partition coefficient (Wildman–Crippen LogP) is 2.18. The van der Waals surface area contributed by atoms with E-state index in [1.807, 2.05) is 0 Å². The molecule has 2 saturated carbocycles. The first-order chi connectivity index (χ1) is 12.7. The van der Waals surface area contributed by atoms with E-state index in [9.17, 15) is 15.0 Å². The van der Waals surface area contributed by atoms with Crippen molar-refractivity contribution in [1.29, 1.82) is 0 Å². The van der Waals surface area contributed by atoms with Crippen LogP contribution in [0.4, 0.5) is 0 Å². The maximum atomic E-state index is 12.1. The summed E-state index contributed by atoms with van der Waals surface area (Å²) in [5.74, 6) is 0.397. The normalized spacial score (nSPS) is 51.7. The topological polar surface area (TPSA) is 88.5 Å². The fourth-order valence-corrected chi connectivity index (χ4v) is 6.30. The molecule has 3 fully saturated rings. The lowest BCUT2D eigenvalue weighted by molar-refractivity contribution is -0.197. The largest absolute Gasteiger partial charge is 0.429 e. The molecule has 2 aliphatic carbocycles. The minimum atomic E-state index is -0.814. The molecule has 0 aromatic carbocycles. The number of aliphatic hydroxyl groups is 2. The van der Waals surface area contributed by atoms with Gasteiger partial charge in [0.15, 0.2) is 0 Å². The van der Waals surface area contributed by atoms with Crippen LogP contribution in [0.15, 0.2) is 11.6 Å². The number of epoxide rings is 1. The minimum absolute atomic E-state index is 0.0562. The van der Waals surface area contributed by atoms with Gasteiger partial charge in [-0.25, -0.2) is 4.79 Å². The summed E-state index contributed by atoms with van der Waals surface area (Å²) in [6, 6.07) is 0. The average molecular weight is 380 g/mol. The van der Waals surface area contributed by atoms with E-state index in [1.165, 1.54) is 7.11 Å². The van der Waals surface area contributed by atoms with Crippen LogP contribution in [-0.4, -0.2) is 54.0 Å². The molecule has 4 aliphatic rings. The van der Waals surface area contributed by atoms with Gasteiger partial charge in [-0.3, -0.25) is 0 Å². The molecule has 2 aliphatic heterocycles. The van der Waals surface area contributed by atoms with Crippen LogP contribution in [0, 0.1) is 22.7 Å². The highest BCUT2D eigenvalue weighted by Crippen LogP contribution is 2.68. The number of ether oxygens (including phenoxy) is 3. The van der Waals surface area contributed by atoms with Gasteiger partial charge in [0.25, 0.3) is 0 Å². The second kappa shape index (κ2) is 6.28. The van der Waals surface area contributed by atoms with Crippen molar-refractivity contribution in [3.05, 3.63) is 11.6 Å². The Bertz CT molecular complexity index is 655. The van der Waals surface area contributed by atoms with Gasteiger partial charge in [0.2, 0.25) is 6.29 Å². The Labute approximate surface area is 160 Å². The number of fused-ring (bicyclic) bond motifs is 2. The standard InChI is InChI=1S/C21H32O6/c1-12-5-8-20(3)15(10-14(22)17(23)21(20)11-26-21)19(12,2)7-6-13-9-16(25-4)27-18(13)24/h9,12,14-17,22-23H,5-8,10-11H2,1-4H3/t12-,14+,15-,16-,17+,19+,20+,21+/m1/s1. The lowest BCUT2D eigenvalue weighted by atomic mass is 9.43. The third kappa shape index (κ3) is 2.64. The molecule has 8 atom stereocenters. The minimum Gasteiger partial charge on any atom is -0.429 e. The van der Waals surface area contributed by atoms with E-state index in [4.69, 9.17) is 14.2 Å². The molecular weight excluding hydrogens is 348 g/mol. The maximum absolute atomic E-state index is 12.1. The number of esters is 1. The van der Waals surface area contributed by atoms with Crippen molar-refractivity contribution >= 4 is 5.97 Å². The van der Waals surface area contributed by atoms with E-state index >= 15 is 0 Å². The summed E-state index contributed by atoms with van der Waals surface area (Å²) in [4.78, 5) is 12.1. The van der Waals surface area contributed by atoms with Gasteiger partial charge in [0.05, 0.1) is 12.7 Å². The summed E-state index contributed by atoms with van der Waals surface area (Å²) < 4.78 is 16.1. The van der Waals surface area contributed by atoms with Gasteiger partial charge in [0.1, 0.15) is 11.7 Å². The third-order valence-electron chi connectivity index (χ3n) is 8.52. The van der Waals surface area contributed by atoms with Gasteiger partial charge >= 0.3 is 5.97 Å². The molecule has 2 N–H and O–H groups in total. The monoisotopic (exact) mass is 380 g/mol. The van der Waals surface area contributed by atoms with Gasteiger partial charge in [-0.2, -0.15) is 0 Å². The van der Waals surface area contributed by atoms with Crippen molar-refractivity contribution in [2.45, 2.75) is 77.0 Å². The van der Waals surface area contributed by atoms with Gasteiger partial charge < -0.3 is 24.4 Å². The summed E-state index contributed by atoms with van der Waals surface area (Å²) >= 11 is 0. The quantitative estimate of drug-likeness (QED) is 0.574. The highest BCUT2D eigenvalue weighted by Gasteiger charge is 2.73. The molecule has 1 saturated heterocycles. The van der Waals surface area contributed by atoms with Crippen LogP contribution in [0.25, 0.3) is 0 Å². The van der Waals surface area contributed by atoms with Crippen LogP contribution in [-0.2, 0) is 19.0 Å². The predicted molar refractivity (Wildman–Crippen MR) is 97.6 cm³/mol. The zero-order valence-electron chi connectivity index (χ0n) is 16.7. The Morgan fingerprint density at radius 2 is 2.04 bits per heavy atom. The highest BCUT2D eigenvalue weighted by atomic mass is 16.7. The number of hydrogen-bond donors (Lipinski definition) is 2. The van der Waals surface area contributed by atoms with E-state index in [1.54, 1.807) is 6.08 Å². The molecule has 0 aromatic rings. The Morgan fingerprint density at radius 3 is 2.63 bits per heavy atom. The molecular formula is C21H32O6. The Hall–Kier alpha value is -0.950. The molecule has 2 heterocycles. The first-order valence-electron chi connectivity index (χ1n) is 10.1. The molecule has 0 unspecified atom stereocenters. The van der Waals surface area contributed by atoms with Gasteiger partial charge in [-0.15, -0.1) is 0 Å². The number of carbonyl (C=O) groups is 1. The van der Waals surface area contributed by atoms with Gasteiger partial charge in [-0.1, -0.05) is 20.8 Å². The van der Waals surface area contributed by atoms with Crippen molar-refractivity contribution in [2.75, 3.05) is 13.7 Å². The van der Waals surface area contributed by atoms with Crippen LogP contribution in [0.3, 0.4) is 0 Å². The van der Waals surface area contributed by atoms with E-state index in [2.05, 4.69) is 20.8 Å². The van der Waals surface area contributed by atoms with Gasteiger partial charge in [-0.05, 0) is 55.4 Å². The SMILES string of the molecule is CO[C@H]1C=C(CC[C@@]2(C)[C@H](C)CC[C@@]3(C)[C@@H]2C[C@H](O)[C@H](O)[C@@]32CO2)C(=O)O1. The van der Waals surface area contributed by atoms with Crippen LogP contribution in [0.1, 0.15) is 52.9 Å². The van der Waals surface area contributed by atoms with Crippen LogP contribution in [0.2, 0.25) is 0 Å². The van der Waals surface area contributed by atoms with Crippen molar-refractivity contribution < 1.29 is 29.2 Å². The van der Waals surface area contributed by atoms with E-state index in [-0.39, 0.29) is 22.7 Å². The summed E-state index contributed by atoms with van der Waals surface area (Å²) in [5, 5.41) is 21.2. The lowest BCUT2D eigenvalue weighted by Crippen LogP contribution is -2.65. The van der Waals surface area contributed by atoms with Crippen molar-refractivity contribution in [3.63, 3.8) is 0 Å². The lowest BCUT2D eigenvalue weighted by Gasteiger charge is -2.61. The maximum Gasteiger partial charge on any atom is 0.336 e. The first-order valence-corrected chi connectivity index (χ1v) is 10.1. The molecule has 152 valence electrons. The number of rotatable bonds is 4. The molecule has 6 nitrogen and oxygen atoms in total. The van der Waals surface area contributed by atoms with Crippen LogP contribution >= 0.6 is 0 Å². The van der Waals surface area contributed by atoms with Crippen molar-refractivity contribution in [2.24, 2.45) is 22.7 Å². The van der Waals surface area contributed by atoms with E-state index in [0.717, 1.165) is 19.3 Å². The van der Waals surface area contributed by atoms with Crippen molar-refractivity contribution in [3.8, 4) is 0 Å². The summed E-state index contributed by atoms with van der Waals surface area (Å²) in [7, 11) is 1.52. The Kier molecular flexibility index (Phi) is 4.50. The summed E-state index contributed by atoms with van der Waals surface area (Å²) in [6.07, 6.45) is 3.72. The molecule has 0 bridgehead atoms. The van der Waals surface area contributed by atoms with Gasteiger partial charge in [0, 0.05) is 18.1 Å². The second-order valence-corrected chi connectivity index (χ2v) is 9.54. The number of carbonyl (C=O) groups excluding carboxylic acids is 1. The molecule has 1 spiro atoms. The highest BCUT2D eigenvalue weighted by molar-refractivity contribution is 5.90. The van der Waals surface area contributed by atoms with Crippen molar-refractivity contribution in [1.82, 2.24) is 0 Å². The fourth-order valence-electron chi connectivity index (χ4n) is 6.30.